The van der Waals surface area contributed by atoms with Crippen molar-refractivity contribution in [3.8, 4) is 0 Å². The van der Waals surface area contributed by atoms with Crippen molar-refractivity contribution in [2.45, 2.75) is 51.3 Å². The number of aliphatic carboxylic acids is 1. The molecule has 1 rings (SSSR count). The van der Waals surface area contributed by atoms with E-state index >= 15 is 0 Å². The predicted octanol–water partition coefficient (Wildman–Crippen LogP) is 1.30. The Balaban J connectivity index is 3.35. The van der Waals surface area contributed by atoms with Crippen molar-refractivity contribution in [1.82, 2.24) is 9.96 Å². The fourth-order valence-corrected chi connectivity index (χ4v) is 2.78. The number of likely N-dealkylation sites (tertiary alicyclic amines) is 1. The van der Waals surface area contributed by atoms with Gasteiger partial charge in [-0.15, -0.1) is 0 Å². The van der Waals surface area contributed by atoms with Gasteiger partial charge in [0.25, 0.3) is 5.66 Å². The van der Waals surface area contributed by atoms with Gasteiger partial charge in [-0.1, -0.05) is 0 Å². The summed E-state index contributed by atoms with van der Waals surface area (Å²) in [6.45, 7) is 4.61. The second-order valence-corrected chi connectivity index (χ2v) is 7.27. The molecule has 1 heterocycles. The smallest absolute Gasteiger partial charge is 0.437 e. The van der Waals surface area contributed by atoms with Gasteiger partial charge in [0.1, 0.15) is 5.60 Å². The number of imide groups is 1. The third-order valence-electron chi connectivity index (χ3n) is 3.34. The number of amides is 3. The van der Waals surface area contributed by atoms with Crippen LogP contribution in [0.4, 0.5) is 4.79 Å². The Morgan fingerprint density at radius 1 is 1.25 bits per heavy atom. The maximum Gasteiger partial charge on any atom is 0.437 e. The number of carboxylic acid groups (broad SMARTS) is 1. The van der Waals surface area contributed by atoms with Gasteiger partial charge in [0.15, 0.2) is 0 Å². The number of carbonyl (C=O) groups excluding carboxylic acids is 3. The lowest BCUT2D eigenvalue weighted by Gasteiger charge is -2.41. The van der Waals surface area contributed by atoms with Gasteiger partial charge < -0.3 is 9.84 Å². The molecule has 1 aliphatic rings. The van der Waals surface area contributed by atoms with Crippen LogP contribution in [0.2, 0.25) is 0 Å². The van der Waals surface area contributed by atoms with E-state index < -0.39 is 35.1 Å². The fourth-order valence-electron chi connectivity index (χ4n) is 2.30. The molecule has 0 radical (unpaired) electrons. The van der Waals surface area contributed by atoms with Crippen LogP contribution in [0.1, 0.15) is 40.0 Å². The minimum Gasteiger partial charge on any atom is -0.478 e. The number of ether oxygens (including phenoxy) is 1. The SMILES string of the molecule is CSCC[C@@](C(=O)O)(N(O)C(=O)OC(C)(C)C)N1C(=O)CCC1=O. The second-order valence-electron chi connectivity index (χ2n) is 6.28. The lowest BCUT2D eigenvalue weighted by molar-refractivity contribution is -0.221. The number of nitrogens with zero attached hydrogens (tertiary/aromatic N) is 2. The van der Waals surface area contributed by atoms with Crippen LogP contribution >= 0.6 is 11.8 Å². The number of thioether (sulfide) groups is 1. The largest absolute Gasteiger partial charge is 0.478 e. The summed E-state index contributed by atoms with van der Waals surface area (Å²) in [4.78, 5) is 48.7. The van der Waals surface area contributed by atoms with Crippen LogP contribution in [-0.2, 0) is 19.1 Å². The van der Waals surface area contributed by atoms with Crippen molar-refractivity contribution in [3.63, 3.8) is 0 Å². The number of hydrogen-bond acceptors (Lipinski definition) is 7. The van der Waals surface area contributed by atoms with E-state index in [1.54, 1.807) is 6.26 Å². The fraction of sp³-hybridized carbons (Fsp3) is 0.714. The number of hydrogen-bond donors (Lipinski definition) is 2. The highest BCUT2D eigenvalue weighted by molar-refractivity contribution is 7.98. The highest BCUT2D eigenvalue weighted by Crippen LogP contribution is 2.32. The molecule has 9 nitrogen and oxygen atoms in total. The van der Waals surface area contributed by atoms with Crippen LogP contribution in [0.25, 0.3) is 0 Å². The highest BCUT2D eigenvalue weighted by Gasteiger charge is 2.58. The molecular formula is C14H22N2O7S. The average Bonchev–Trinajstić information content (AvgIpc) is 2.78. The summed E-state index contributed by atoms with van der Waals surface area (Å²) in [7, 11) is 0. The Morgan fingerprint density at radius 3 is 2.12 bits per heavy atom. The molecule has 0 aromatic rings. The van der Waals surface area contributed by atoms with Crippen molar-refractivity contribution in [1.29, 1.82) is 0 Å². The zero-order valence-electron chi connectivity index (χ0n) is 14.1. The van der Waals surface area contributed by atoms with Crippen LogP contribution in [0.3, 0.4) is 0 Å². The monoisotopic (exact) mass is 362 g/mol. The summed E-state index contributed by atoms with van der Waals surface area (Å²) in [5, 5.41) is 19.9. The molecule has 136 valence electrons. The molecule has 2 N–H and O–H groups in total. The first-order chi connectivity index (χ1) is 11.0. The summed E-state index contributed by atoms with van der Waals surface area (Å²) in [5.74, 6) is -3.02. The maximum absolute atomic E-state index is 12.2. The number of carbonyl (C=O) groups is 4. The van der Waals surface area contributed by atoms with Crippen molar-refractivity contribution in [2.75, 3.05) is 12.0 Å². The minimum absolute atomic E-state index is 0.155. The summed E-state index contributed by atoms with van der Waals surface area (Å²) >= 11 is 1.25. The van der Waals surface area contributed by atoms with Gasteiger partial charge in [-0.3, -0.25) is 14.8 Å². The maximum atomic E-state index is 12.2. The standard InChI is InChI=1S/C14H22N2O7S/c1-13(2,3)23-12(21)16(22)14(11(19)20,7-8-24-4)15-9(17)5-6-10(15)18/h22H,5-8H2,1-4H3,(H,19,20)/t14-/m0/s1. The van der Waals surface area contributed by atoms with Crippen molar-refractivity contribution < 1.29 is 34.2 Å². The van der Waals surface area contributed by atoms with Gasteiger partial charge in [0.2, 0.25) is 11.8 Å². The molecule has 10 heteroatoms. The van der Waals surface area contributed by atoms with E-state index in [2.05, 4.69) is 0 Å². The average molecular weight is 362 g/mol. The first-order valence-electron chi connectivity index (χ1n) is 7.27. The Bertz CT molecular complexity index is 530. The molecule has 0 spiro atoms. The first kappa shape index (κ1) is 20.2. The molecule has 24 heavy (non-hydrogen) atoms. The molecule has 0 bridgehead atoms. The Morgan fingerprint density at radius 2 is 1.75 bits per heavy atom. The number of rotatable bonds is 6. The van der Waals surface area contributed by atoms with Gasteiger partial charge in [0, 0.05) is 19.3 Å². The predicted molar refractivity (Wildman–Crippen MR) is 84.3 cm³/mol. The van der Waals surface area contributed by atoms with E-state index in [1.807, 2.05) is 0 Å². The van der Waals surface area contributed by atoms with E-state index in [9.17, 15) is 29.5 Å². The third-order valence-corrected chi connectivity index (χ3v) is 3.95. The molecule has 0 aromatic heterocycles. The Hall–Kier alpha value is -1.81. The summed E-state index contributed by atoms with van der Waals surface area (Å²) < 4.78 is 4.98. The summed E-state index contributed by atoms with van der Waals surface area (Å²) in [5.41, 5.74) is -3.53. The molecular weight excluding hydrogens is 340 g/mol. The van der Waals surface area contributed by atoms with Gasteiger partial charge in [-0.2, -0.15) is 16.8 Å². The van der Waals surface area contributed by atoms with Crippen LogP contribution in [-0.4, -0.2) is 67.4 Å². The molecule has 0 aromatic carbocycles. The first-order valence-corrected chi connectivity index (χ1v) is 8.67. The van der Waals surface area contributed by atoms with E-state index in [1.165, 1.54) is 32.5 Å². The zero-order valence-corrected chi connectivity index (χ0v) is 14.9. The molecule has 0 unspecified atom stereocenters. The Kier molecular flexibility index (Phi) is 6.23. The van der Waals surface area contributed by atoms with Gasteiger partial charge in [0.05, 0.1) is 0 Å². The van der Waals surface area contributed by atoms with Gasteiger partial charge >= 0.3 is 12.1 Å². The quantitative estimate of drug-likeness (QED) is 0.411. The molecule has 1 atom stereocenters. The van der Waals surface area contributed by atoms with Gasteiger partial charge in [-0.25, -0.2) is 14.5 Å². The van der Waals surface area contributed by atoms with E-state index in [4.69, 9.17) is 4.74 Å². The lowest BCUT2D eigenvalue weighted by atomic mass is 10.0. The zero-order chi connectivity index (χ0) is 18.7. The molecule has 1 fully saturated rings. The van der Waals surface area contributed by atoms with Gasteiger partial charge in [-0.05, 0) is 32.8 Å². The van der Waals surface area contributed by atoms with Crippen LogP contribution in [0.15, 0.2) is 0 Å². The van der Waals surface area contributed by atoms with Crippen molar-refractivity contribution >= 4 is 35.6 Å². The van der Waals surface area contributed by atoms with E-state index in [0.717, 1.165) is 0 Å². The van der Waals surface area contributed by atoms with Crippen molar-refractivity contribution in [2.24, 2.45) is 0 Å². The molecule has 1 aliphatic heterocycles. The second kappa shape index (κ2) is 7.39. The number of hydroxylamine groups is 2. The Labute approximate surface area is 143 Å². The van der Waals surface area contributed by atoms with Crippen LogP contribution in [0, 0.1) is 0 Å². The van der Waals surface area contributed by atoms with Crippen molar-refractivity contribution in [3.05, 3.63) is 0 Å². The lowest BCUT2D eigenvalue weighted by Crippen LogP contribution is -2.68. The summed E-state index contributed by atoms with van der Waals surface area (Å²) in [6, 6.07) is 0. The molecule has 0 aliphatic carbocycles. The highest BCUT2D eigenvalue weighted by atomic mass is 32.2. The van der Waals surface area contributed by atoms with E-state index in [-0.39, 0.29) is 30.1 Å². The molecule has 3 amide bonds. The normalized spacial score (nSPS) is 17.6. The van der Waals surface area contributed by atoms with Crippen LogP contribution < -0.4 is 0 Å². The van der Waals surface area contributed by atoms with Crippen LogP contribution in [0.5, 0.6) is 0 Å². The topological polar surface area (TPSA) is 124 Å². The van der Waals surface area contributed by atoms with E-state index in [0.29, 0.717) is 4.90 Å². The third kappa shape index (κ3) is 3.99. The molecule has 1 saturated heterocycles. The number of carboxylic acids is 1. The molecule has 0 saturated carbocycles. The minimum atomic E-state index is -2.53. The summed E-state index contributed by atoms with van der Waals surface area (Å²) in [6.07, 6.45) is -0.338.